The molecule has 1 unspecified atom stereocenters. The van der Waals surface area contributed by atoms with Crippen LogP contribution in [0, 0.1) is 29.0 Å². The third-order valence-corrected chi connectivity index (χ3v) is 6.31. The number of amides is 1. The number of aromatic nitrogens is 2. The molecular weight excluding hydrogens is 399 g/mol. The largest absolute Gasteiger partial charge is 0.381 e. The Morgan fingerprint density at radius 1 is 1.39 bits per heavy atom. The summed E-state index contributed by atoms with van der Waals surface area (Å²) in [5.74, 6) is -0.280. The van der Waals surface area contributed by atoms with Crippen LogP contribution in [0.4, 0.5) is 15.9 Å². The summed E-state index contributed by atoms with van der Waals surface area (Å²) in [4.78, 5) is 14.3. The van der Waals surface area contributed by atoms with E-state index in [1.54, 1.807) is 30.1 Å². The molecule has 1 aromatic heterocycles. The van der Waals surface area contributed by atoms with Crippen LogP contribution in [-0.4, -0.2) is 53.4 Å². The van der Waals surface area contributed by atoms with E-state index >= 15 is 0 Å². The molecule has 2 aliphatic rings. The molecule has 164 valence electrons. The Morgan fingerprint density at radius 3 is 2.77 bits per heavy atom. The van der Waals surface area contributed by atoms with Crippen LogP contribution in [0.25, 0.3) is 0 Å². The number of halogens is 1. The molecule has 9 heteroatoms. The predicted molar refractivity (Wildman–Crippen MR) is 113 cm³/mol. The normalized spacial score (nSPS) is 26.1. The fourth-order valence-corrected chi connectivity index (χ4v) is 4.50. The van der Waals surface area contributed by atoms with E-state index in [4.69, 9.17) is 10.5 Å². The number of benzene rings is 1. The Bertz CT molecular complexity index is 963. The summed E-state index contributed by atoms with van der Waals surface area (Å²) in [5, 5.41) is 17.4. The molecule has 31 heavy (non-hydrogen) atoms. The van der Waals surface area contributed by atoms with Gasteiger partial charge in [-0.05, 0) is 49.4 Å². The maximum Gasteiger partial charge on any atom is 0.254 e. The number of rotatable bonds is 7. The van der Waals surface area contributed by atoms with Gasteiger partial charge in [0.05, 0.1) is 24.1 Å². The molecule has 1 aromatic carbocycles. The van der Waals surface area contributed by atoms with Crippen LogP contribution in [0.1, 0.15) is 35.7 Å². The molecule has 1 amide bonds. The quantitative estimate of drug-likeness (QED) is 0.705. The highest BCUT2D eigenvalue weighted by atomic mass is 19.1. The van der Waals surface area contributed by atoms with Gasteiger partial charge in [0.25, 0.3) is 5.91 Å². The summed E-state index contributed by atoms with van der Waals surface area (Å²) in [6, 6.07) is 8.04. The second-order valence-corrected chi connectivity index (χ2v) is 8.41. The Kier molecular flexibility index (Phi) is 6.20. The molecule has 1 aliphatic carbocycles. The molecule has 8 nitrogen and oxygen atoms in total. The maximum atomic E-state index is 13.2. The average Bonchev–Trinajstić information content (AvgIpc) is 3.15. The van der Waals surface area contributed by atoms with E-state index in [2.05, 4.69) is 21.4 Å². The number of anilines is 2. The van der Waals surface area contributed by atoms with Gasteiger partial charge in [-0.1, -0.05) is 0 Å². The van der Waals surface area contributed by atoms with Crippen molar-refractivity contribution >= 4 is 17.4 Å². The summed E-state index contributed by atoms with van der Waals surface area (Å²) in [5.41, 5.74) is 6.38. The van der Waals surface area contributed by atoms with Gasteiger partial charge in [-0.2, -0.15) is 10.4 Å². The van der Waals surface area contributed by atoms with Crippen molar-refractivity contribution in [2.24, 2.45) is 17.6 Å². The van der Waals surface area contributed by atoms with Gasteiger partial charge in [0.15, 0.2) is 5.82 Å². The van der Waals surface area contributed by atoms with E-state index < -0.39 is 5.91 Å². The third-order valence-electron chi connectivity index (χ3n) is 6.31. The fourth-order valence-electron chi connectivity index (χ4n) is 4.50. The summed E-state index contributed by atoms with van der Waals surface area (Å²) in [6.07, 6.45) is 4.89. The summed E-state index contributed by atoms with van der Waals surface area (Å²) >= 11 is 0. The second-order valence-electron chi connectivity index (χ2n) is 8.41. The lowest BCUT2D eigenvalue weighted by molar-refractivity contribution is -0.0162. The van der Waals surface area contributed by atoms with Crippen molar-refractivity contribution in [2.75, 3.05) is 32.1 Å². The zero-order valence-corrected chi connectivity index (χ0v) is 17.5. The number of hydrogen-bond acceptors (Lipinski definition) is 6. The Hall–Kier alpha value is -2.96. The zero-order valence-electron chi connectivity index (χ0n) is 17.5. The molecule has 0 bridgehead atoms. The van der Waals surface area contributed by atoms with E-state index in [1.807, 2.05) is 0 Å². The van der Waals surface area contributed by atoms with Gasteiger partial charge in [0, 0.05) is 38.6 Å². The number of carbonyl (C=O) groups excluding carboxylic acids is 1. The first-order valence-electron chi connectivity index (χ1n) is 10.5. The third kappa shape index (κ3) is 4.70. The molecule has 0 spiro atoms. The van der Waals surface area contributed by atoms with Crippen molar-refractivity contribution in [3.63, 3.8) is 0 Å². The minimum Gasteiger partial charge on any atom is -0.381 e. The van der Waals surface area contributed by atoms with Gasteiger partial charge < -0.3 is 20.7 Å². The van der Waals surface area contributed by atoms with Crippen LogP contribution >= 0.6 is 0 Å². The number of ether oxygens (including phenoxy) is 1. The molecule has 2 atom stereocenters. The van der Waals surface area contributed by atoms with E-state index in [1.165, 1.54) is 12.1 Å². The second kappa shape index (κ2) is 9.04. The number of nitrogens with two attached hydrogens (primary N) is 1. The highest BCUT2D eigenvalue weighted by Crippen LogP contribution is 2.34. The summed E-state index contributed by atoms with van der Waals surface area (Å²) in [6.45, 7) is 2.51. The van der Waals surface area contributed by atoms with Gasteiger partial charge in [-0.25, -0.2) is 4.39 Å². The van der Waals surface area contributed by atoms with Crippen molar-refractivity contribution in [1.82, 2.24) is 14.7 Å². The van der Waals surface area contributed by atoms with Gasteiger partial charge in [0.2, 0.25) is 0 Å². The van der Waals surface area contributed by atoms with Crippen molar-refractivity contribution in [1.29, 1.82) is 5.26 Å². The number of methoxy groups -OCH3 is 1. The number of likely N-dealkylation sites (tertiary alicyclic amines) is 1. The van der Waals surface area contributed by atoms with Gasteiger partial charge in [-0.15, -0.1) is 0 Å². The average molecular weight is 426 g/mol. The van der Waals surface area contributed by atoms with Crippen LogP contribution in [0.5, 0.6) is 0 Å². The Labute approximate surface area is 180 Å². The van der Waals surface area contributed by atoms with Crippen LogP contribution < -0.4 is 11.1 Å². The van der Waals surface area contributed by atoms with E-state index in [-0.39, 0.29) is 23.3 Å². The molecule has 1 saturated heterocycles. The smallest absolute Gasteiger partial charge is 0.254 e. The van der Waals surface area contributed by atoms with Gasteiger partial charge >= 0.3 is 0 Å². The predicted octanol–water partition coefficient (Wildman–Crippen LogP) is 2.68. The lowest BCUT2D eigenvalue weighted by Gasteiger charge is -2.41. The number of hydrogen-bond donors (Lipinski definition) is 2. The molecule has 2 aromatic rings. The Balaban J connectivity index is 1.46. The van der Waals surface area contributed by atoms with Crippen LogP contribution in [0.15, 0.2) is 30.5 Å². The van der Waals surface area contributed by atoms with Crippen LogP contribution in [-0.2, 0) is 4.74 Å². The minimum absolute atomic E-state index is 0.142. The standard InChI is InChI=1S/C22H27FN6O2/c1-31-18-8-14(9-18)11-28-7-6-20(15(10-24)12-28)29-13-19(21(25)30)22(27-29)26-17-4-2-16(23)3-5-17/h2-5,13-15,18,20H,6-9,11-12H2,1H3,(H2,25,30)(H,26,27)/t14?,15-,18?,20?/m1/s1. The number of piperidine rings is 1. The topological polar surface area (TPSA) is 109 Å². The summed E-state index contributed by atoms with van der Waals surface area (Å²) < 4.78 is 20.2. The zero-order chi connectivity index (χ0) is 22.0. The van der Waals surface area contributed by atoms with Crippen molar-refractivity contribution in [2.45, 2.75) is 31.4 Å². The SMILES string of the molecule is COC1CC(CN2CCC(n3cc(C(N)=O)c(Nc4ccc(F)cc4)n3)[C@H](C#N)C2)C1. The van der Waals surface area contributed by atoms with Gasteiger partial charge in [0.1, 0.15) is 11.4 Å². The molecule has 1 saturated carbocycles. The molecule has 2 heterocycles. The molecule has 2 fully saturated rings. The molecule has 3 N–H and O–H groups in total. The first-order valence-corrected chi connectivity index (χ1v) is 10.5. The minimum atomic E-state index is -0.612. The lowest BCUT2D eigenvalue weighted by Crippen LogP contribution is -2.46. The molecule has 1 aliphatic heterocycles. The number of nitriles is 1. The number of nitrogens with one attached hydrogen (secondary N) is 1. The van der Waals surface area contributed by atoms with E-state index in [0.717, 1.165) is 32.4 Å². The van der Waals surface area contributed by atoms with Crippen molar-refractivity contribution < 1.29 is 13.9 Å². The van der Waals surface area contributed by atoms with E-state index in [9.17, 15) is 14.4 Å². The van der Waals surface area contributed by atoms with Gasteiger partial charge in [-0.3, -0.25) is 9.48 Å². The molecule has 0 radical (unpaired) electrons. The maximum absolute atomic E-state index is 13.2. The molecular formula is C22H27FN6O2. The van der Waals surface area contributed by atoms with Crippen molar-refractivity contribution in [3.8, 4) is 6.07 Å². The highest BCUT2D eigenvalue weighted by molar-refractivity contribution is 5.98. The van der Waals surface area contributed by atoms with Crippen LogP contribution in [0.3, 0.4) is 0 Å². The number of carbonyl (C=O) groups is 1. The molecule has 4 rings (SSSR count). The van der Waals surface area contributed by atoms with Crippen LogP contribution in [0.2, 0.25) is 0 Å². The summed E-state index contributed by atoms with van der Waals surface area (Å²) in [7, 11) is 1.75. The Morgan fingerprint density at radius 2 is 2.13 bits per heavy atom. The highest BCUT2D eigenvalue weighted by Gasteiger charge is 2.36. The van der Waals surface area contributed by atoms with Crippen molar-refractivity contribution in [3.05, 3.63) is 41.8 Å². The number of nitrogens with zero attached hydrogens (tertiary/aromatic N) is 4. The first-order chi connectivity index (χ1) is 15.0. The number of primary amides is 1. The van der Waals surface area contributed by atoms with E-state index in [0.29, 0.717) is 30.1 Å². The lowest BCUT2D eigenvalue weighted by atomic mass is 9.81. The fraction of sp³-hybridized carbons (Fsp3) is 0.500. The first kappa shape index (κ1) is 21.3. The monoisotopic (exact) mass is 426 g/mol.